The number of hydrogen-bond acceptors (Lipinski definition) is 3. The van der Waals surface area contributed by atoms with Gasteiger partial charge in [-0.2, -0.15) is 0 Å². The van der Waals surface area contributed by atoms with Crippen molar-refractivity contribution in [3.05, 3.63) is 23.8 Å². The standard InChI is InChI=1S/C12H14O3/c1-3-4-9-5-6-10-11(7-9)15-12(14-10)8(2)13/h5-7,12H,3-4H2,1-2H3/t12-/m1/s1. The van der Waals surface area contributed by atoms with Gasteiger partial charge in [0.05, 0.1) is 0 Å². The van der Waals surface area contributed by atoms with Gasteiger partial charge in [0.25, 0.3) is 0 Å². The summed E-state index contributed by atoms with van der Waals surface area (Å²) in [5, 5.41) is 0. The summed E-state index contributed by atoms with van der Waals surface area (Å²) in [6.45, 7) is 3.59. The molecule has 80 valence electrons. The van der Waals surface area contributed by atoms with Gasteiger partial charge in [-0.05, 0) is 24.1 Å². The molecule has 15 heavy (non-hydrogen) atoms. The highest BCUT2D eigenvalue weighted by Crippen LogP contribution is 2.35. The lowest BCUT2D eigenvalue weighted by atomic mass is 10.1. The molecule has 2 rings (SSSR count). The van der Waals surface area contributed by atoms with Crippen LogP contribution in [0.4, 0.5) is 0 Å². The topological polar surface area (TPSA) is 35.5 Å². The summed E-state index contributed by atoms with van der Waals surface area (Å²) < 4.78 is 10.7. The first-order valence-corrected chi connectivity index (χ1v) is 5.17. The van der Waals surface area contributed by atoms with Gasteiger partial charge in [0.15, 0.2) is 11.5 Å². The van der Waals surface area contributed by atoms with Crippen molar-refractivity contribution in [1.82, 2.24) is 0 Å². The van der Waals surface area contributed by atoms with Gasteiger partial charge in [0, 0.05) is 6.92 Å². The molecule has 0 saturated carbocycles. The maximum absolute atomic E-state index is 11.1. The molecule has 0 saturated heterocycles. The van der Waals surface area contributed by atoms with Crippen LogP contribution in [0.3, 0.4) is 0 Å². The number of fused-ring (bicyclic) bond motifs is 1. The zero-order valence-corrected chi connectivity index (χ0v) is 8.95. The molecule has 1 aromatic carbocycles. The van der Waals surface area contributed by atoms with Crippen LogP contribution in [-0.4, -0.2) is 12.1 Å². The van der Waals surface area contributed by atoms with Crippen molar-refractivity contribution in [2.24, 2.45) is 0 Å². The van der Waals surface area contributed by atoms with E-state index in [1.54, 1.807) is 0 Å². The van der Waals surface area contributed by atoms with Crippen LogP contribution in [0.5, 0.6) is 11.5 Å². The summed E-state index contributed by atoms with van der Waals surface area (Å²) in [7, 11) is 0. The predicted octanol–water partition coefficient (Wildman–Crippen LogP) is 2.33. The number of benzene rings is 1. The van der Waals surface area contributed by atoms with Crippen molar-refractivity contribution in [2.75, 3.05) is 0 Å². The molecular weight excluding hydrogens is 192 g/mol. The van der Waals surface area contributed by atoms with Crippen LogP contribution in [0.15, 0.2) is 18.2 Å². The Kier molecular flexibility index (Phi) is 2.62. The highest BCUT2D eigenvalue weighted by molar-refractivity contribution is 5.80. The van der Waals surface area contributed by atoms with Crippen LogP contribution >= 0.6 is 0 Å². The second kappa shape index (κ2) is 3.93. The minimum atomic E-state index is -0.753. The molecule has 1 heterocycles. The van der Waals surface area contributed by atoms with Crippen LogP contribution < -0.4 is 9.47 Å². The number of Topliss-reactive ketones (excluding diaryl/α,β-unsaturated/α-hetero) is 1. The second-order valence-corrected chi connectivity index (χ2v) is 3.71. The van der Waals surface area contributed by atoms with Crippen LogP contribution in [0, 0.1) is 0 Å². The zero-order valence-electron chi connectivity index (χ0n) is 8.95. The molecule has 0 radical (unpaired) electrons. The second-order valence-electron chi connectivity index (χ2n) is 3.71. The van der Waals surface area contributed by atoms with E-state index in [0.29, 0.717) is 11.5 Å². The van der Waals surface area contributed by atoms with Crippen molar-refractivity contribution < 1.29 is 14.3 Å². The highest BCUT2D eigenvalue weighted by Gasteiger charge is 2.27. The number of rotatable bonds is 3. The van der Waals surface area contributed by atoms with Crippen molar-refractivity contribution in [2.45, 2.75) is 33.0 Å². The molecule has 0 aliphatic carbocycles. The Balaban J connectivity index is 2.20. The number of carbonyl (C=O) groups excluding carboxylic acids is 1. The first-order valence-electron chi connectivity index (χ1n) is 5.17. The smallest absolute Gasteiger partial charge is 0.300 e. The average molecular weight is 206 g/mol. The first-order chi connectivity index (χ1) is 7.20. The van der Waals surface area contributed by atoms with Gasteiger partial charge < -0.3 is 9.47 Å². The van der Waals surface area contributed by atoms with Crippen LogP contribution in [0.1, 0.15) is 25.8 Å². The van der Waals surface area contributed by atoms with Gasteiger partial charge in [0.2, 0.25) is 5.78 Å². The SMILES string of the molecule is CCCc1ccc2c(c1)O[C@H](C(C)=O)O2. The lowest BCUT2D eigenvalue weighted by molar-refractivity contribution is -0.132. The molecule has 0 aromatic heterocycles. The Morgan fingerprint density at radius 2 is 2.07 bits per heavy atom. The average Bonchev–Trinajstić information content (AvgIpc) is 2.61. The van der Waals surface area contributed by atoms with Gasteiger partial charge in [0.1, 0.15) is 0 Å². The fourth-order valence-electron chi connectivity index (χ4n) is 1.61. The van der Waals surface area contributed by atoms with E-state index >= 15 is 0 Å². The summed E-state index contributed by atoms with van der Waals surface area (Å²) in [6, 6.07) is 5.82. The summed E-state index contributed by atoms with van der Waals surface area (Å²) in [4.78, 5) is 11.1. The summed E-state index contributed by atoms with van der Waals surface area (Å²) in [5.41, 5.74) is 1.21. The first kappa shape index (κ1) is 10.0. The third-order valence-electron chi connectivity index (χ3n) is 2.35. The van der Waals surface area contributed by atoms with Crippen LogP contribution in [0.25, 0.3) is 0 Å². The van der Waals surface area contributed by atoms with E-state index in [2.05, 4.69) is 6.92 Å². The quantitative estimate of drug-likeness (QED) is 0.761. The summed E-state index contributed by atoms with van der Waals surface area (Å²) in [6.07, 6.45) is 1.36. The van der Waals surface area contributed by atoms with E-state index in [-0.39, 0.29) is 5.78 Å². The molecule has 1 aliphatic heterocycles. The number of ketones is 1. The van der Waals surface area contributed by atoms with Gasteiger partial charge in [-0.15, -0.1) is 0 Å². The molecule has 1 atom stereocenters. The fourth-order valence-corrected chi connectivity index (χ4v) is 1.61. The highest BCUT2D eigenvalue weighted by atomic mass is 16.7. The van der Waals surface area contributed by atoms with Crippen LogP contribution in [-0.2, 0) is 11.2 Å². The van der Waals surface area contributed by atoms with Gasteiger partial charge in [-0.1, -0.05) is 19.4 Å². The Morgan fingerprint density at radius 1 is 1.33 bits per heavy atom. The number of aryl methyl sites for hydroxylation is 1. The Bertz CT molecular complexity index is 384. The van der Waals surface area contributed by atoms with Gasteiger partial charge in [-0.3, -0.25) is 4.79 Å². The van der Waals surface area contributed by atoms with Crippen LogP contribution in [0.2, 0.25) is 0 Å². The van der Waals surface area contributed by atoms with E-state index < -0.39 is 6.29 Å². The van der Waals surface area contributed by atoms with Gasteiger partial charge >= 0.3 is 6.29 Å². The third-order valence-corrected chi connectivity index (χ3v) is 2.35. The van der Waals surface area contributed by atoms with E-state index in [0.717, 1.165) is 12.8 Å². The maximum Gasteiger partial charge on any atom is 0.300 e. The predicted molar refractivity (Wildman–Crippen MR) is 56.2 cm³/mol. The number of hydrogen-bond donors (Lipinski definition) is 0. The van der Waals surface area contributed by atoms with Crippen molar-refractivity contribution in [3.8, 4) is 11.5 Å². The molecule has 3 heteroatoms. The lowest BCUT2D eigenvalue weighted by Gasteiger charge is -2.03. The van der Waals surface area contributed by atoms with Crippen molar-refractivity contribution in [3.63, 3.8) is 0 Å². The van der Waals surface area contributed by atoms with E-state index in [1.807, 2.05) is 18.2 Å². The van der Waals surface area contributed by atoms with E-state index in [9.17, 15) is 4.79 Å². The molecule has 1 aromatic rings. The minimum absolute atomic E-state index is 0.108. The molecule has 0 amide bonds. The fraction of sp³-hybridized carbons (Fsp3) is 0.417. The summed E-state index contributed by atoms with van der Waals surface area (Å²) >= 11 is 0. The molecule has 0 bridgehead atoms. The number of carbonyl (C=O) groups is 1. The van der Waals surface area contributed by atoms with E-state index in [1.165, 1.54) is 12.5 Å². The Labute approximate surface area is 89.0 Å². The molecule has 0 N–H and O–H groups in total. The Hall–Kier alpha value is -1.51. The normalized spacial score (nSPS) is 17.9. The van der Waals surface area contributed by atoms with Crippen molar-refractivity contribution >= 4 is 5.78 Å². The minimum Gasteiger partial charge on any atom is -0.444 e. The van der Waals surface area contributed by atoms with E-state index in [4.69, 9.17) is 9.47 Å². The zero-order chi connectivity index (χ0) is 10.8. The molecular formula is C12H14O3. The maximum atomic E-state index is 11.1. The monoisotopic (exact) mass is 206 g/mol. The molecule has 1 aliphatic rings. The molecule has 3 nitrogen and oxygen atoms in total. The molecule has 0 spiro atoms. The third kappa shape index (κ3) is 1.96. The lowest BCUT2D eigenvalue weighted by Crippen LogP contribution is -2.26. The van der Waals surface area contributed by atoms with Crippen molar-refractivity contribution in [1.29, 1.82) is 0 Å². The molecule has 0 fully saturated rings. The number of ether oxygens (including phenoxy) is 2. The van der Waals surface area contributed by atoms with Gasteiger partial charge in [-0.25, -0.2) is 0 Å². The molecule has 0 unspecified atom stereocenters. The summed E-state index contributed by atoms with van der Waals surface area (Å²) in [5.74, 6) is 1.24. The largest absolute Gasteiger partial charge is 0.444 e. The Morgan fingerprint density at radius 3 is 2.73 bits per heavy atom.